The van der Waals surface area contributed by atoms with Crippen LogP contribution in [0.25, 0.3) is 0 Å². The molecule has 1 atom stereocenters. The first-order valence-electron chi connectivity index (χ1n) is 6.22. The molecule has 1 aromatic rings. The lowest BCUT2D eigenvalue weighted by atomic mass is 10.1. The summed E-state index contributed by atoms with van der Waals surface area (Å²) in [5, 5.41) is 2.29. The minimum absolute atomic E-state index is 0.0307. The third kappa shape index (κ3) is 4.80. The second-order valence-corrected chi connectivity index (χ2v) is 3.92. The number of esters is 1. The molecule has 0 saturated heterocycles. The number of hydrogen-bond donors (Lipinski definition) is 1. The summed E-state index contributed by atoms with van der Waals surface area (Å²) in [4.78, 5) is 23.1. The number of anilines is 1. The van der Waals surface area contributed by atoms with Crippen LogP contribution in [0.4, 0.5) is 18.9 Å². The van der Waals surface area contributed by atoms with Crippen molar-refractivity contribution in [1.82, 2.24) is 0 Å². The summed E-state index contributed by atoms with van der Waals surface area (Å²) >= 11 is 0. The number of carbonyl (C=O) groups excluding carboxylic acids is 2. The maximum atomic E-state index is 12.9. The van der Waals surface area contributed by atoms with Gasteiger partial charge in [-0.1, -0.05) is 6.58 Å². The minimum atomic E-state index is -3.32. The van der Waals surface area contributed by atoms with Gasteiger partial charge in [0.25, 0.3) is 6.36 Å². The molecule has 1 N–H and O–H groups in total. The largest absolute Gasteiger partial charge is 0.462 e. The van der Waals surface area contributed by atoms with E-state index < -0.39 is 24.7 Å². The first-order valence-corrected chi connectivity index (χ1v) is 6.22. The van der Waals surface area contributed by atoms with Gasteiger partial charge in [-0.3, -0.25) is 4.79 Å². The van der Waals surface area contributed by atoms with Gasteiger partial charge in [-0.15, -0.1) is 0 Å². The molecule has 8 heteroatoms. The lowest BCUT2D eigenvalue weighted by Gasteiger charge is -2.14. The molecular weight excluding hydrogens is 303 g/mol. The van der Waals surface area contributed by atoms with Crippen molar-refractivity contribution in [1.29, 1.82) is 0 Å². The van der Waals surface area contributed by atoms with Crippen molar-refractivity contribution < 1.29 is 32.2 Å². The van der Waals surface area contributed by atoms with E-state index in [1.165, 1.54) is 6.07 Å². The molecule has 0 bridgehead atoms. The normalized spacial score (nSPS) is 11.7. The van der Waals surface area contributed by atoms with Crippen molar-refractivity contribution in [2.45, 2.75) is 19.7 Å². The quantitative estimate of drug-likeness (QED) is 0.620. The highest BCUT2D eigenvalue weighted by molar-refractivity contribution is 6.05. The summed E-state index contributed by atoms with van der Waals surface area (Å²) in [5.41, 5.74) is -0.0980. The Morgan fingerprint density at radius 1 is 1.36 bits per heavy atom. The van der Waals surface area contributed by atoms with Crippen molar-refractivity contribution >= 4 is 17.6 Å². The number of hydrogen-bond acceptors (Lipinski definition) is 4. The van der Waals surface area contributed by atoms with E-state index >= 15 is 0 Å². The molecule has 0 fully saturated rings. The van der Waals surface area contributed by atoms with Crippen LogP contribution in [0.3, 0.4) is 0 Å². The fourth-order valence-corrected chi connectivity index (χ4v) is 1.45. The molecule has 0 heterocycles. The summed E-state index contributed by atoms with van der Waals surface area (Å²) in [6, 6.07) is 3.33. The monoisotopic (exact) mass is 317 g/mol. The molecule has 0 saturated carbocycles. The average Bonchev–Trinajstić information content (AvgIpc) is 2.47. The maximum absolute atomic E-state index is 12.9. The highest BCUT2D eigenvalue weighted by Gasteiger charge is 2.22. The fraction of sp³-hybridized carbons (Fsp3) is 0.286. The molecule has 120 valence electrons. The van der Waals surface area contributed by atoms with Gasteiger partial charge in [0.1, 0.15) is 5.75 Å². The fourth-order valence-electron chi connectivity index (χ4n) is 1.45. The molecule has 1 aromatic carbocycles. The number of rotatable bonds is 7. The topological polar surface area (TPSA) is 64.6 Å². The minimum Gasteiger partial charge on any atom is -0.462 e. The molecule has 0 aliphatic heterocycles. The summed E-state index contributed by atoms with van der Waals surface area (Å²) in [7, 11) is 0. The van der Waals surface area contributed by atoms with Gasteiger partial charge in [0.05, 0.1) is 17.9 Å². The predicted octanol–water partition coefficient (Wildman–Crippen LogP) is 2.93. The highest BCUT2D eigenvalue weighted by Crippen LogP contribution is 2.25. The summed E-state index contributed by atoms with van der Waals surface area (Å²) in [5.74, 6) is -1.66. The van der Waals surface area contributed by atoms with Crippen molar-refractivity contribution in [3.63, 3.8) is 0 Å². The molecule has 0 spiro atoms. The second-order valence-electron chi connectivity index (χ2n) is 3.92. The van der Waals surface area contributed by atoms with Gasteiger partial charge in [-0.05, 0) is 25.1 Å². The SMILES string of the molecule is C=CC(=O)Nc1cc(OC(F)C(F)F)ccc1C(=O)OCC. The number of nitrogens with one attached hydrogen (secondary N) is 1. The van der Waals surface area contributed by atoms with Crippen molar-refractivity contribution in [2.75, 3.05) is 11.9 Å². The Morgan fingerprint density at radius 2 is 2.05 bits per heavy atom. The van der Waals surface area contributed by atoms with E-state index in [2.05, 4.69) is 16.6 Å². The van der Waals surface area contributed by atoms with Gasteiger partial charge in [0, 0.05) is 6.07 Å². The van der Waals surface area contributed by atoms with Crippen LogP contribution >= 0.6 is 0 Å². The second kappa shape index (κ2) is 8.06. The Balaban J connectivity index is 3.10. The Kier molecular flexibility index (Phi) is 6.43. The van der Waals surface area contributed by atoms with E-state index in [4.69, 9.17) is 4.74 Å². The molecule has 0 radical (unpaired) electrons. The van der Waals surface area contributed by atoms with E-state index in [1.54, 1.807) is 6.92 Å². The van der Waals surface area contributed by atoms with Gasteiger partial charge in [0.15, 0.2) is 0 Å². The molecule has 22 heavy (non-hydrogen) atoms. The van der Waals surface area contributed by atoms with Gasteiger partial charge in [-0.2, -0.15) is 4.39 Å². The van der Waals surface area contributed by atoms with Gasteiger partial charge in [0.2, 0.25) is 5.91 Å². The first kappa shape index (κ1) is 17.5. The molecule has 0 aliphatic rings. The number of carbonyl (C=O) groups is 2. The van der Waals surface area contributed by atoms with E-state index in [-0.39, 0.29) is 23.6 Å². The van der Waals surface area contributed by atoms with E-state index in [9.17, 15) is 22.8 Å². The molecule has 1 rings (SSSR count). The van der Waals surface area contributed by atoms with Crippen LogP contribution in [-0.2, 0) is 9.53 Å². The molecular formula is C14H14F3NO4. The van der Waals surface area contributed by atoms with E-state index in [1.807, 2.05) is 0 Å². The number of ether oxygens (including phenoxy) is 2. The standard InChI is InChI=1S/C14H14F3NO4/c1-3-11(19)18-10-7-8(22-13(17)12(15)16)5-6-9(10)14(20)21-4-2/h3,5-7,12-13H,1,4H2,2H3,(H,18,19). The van der Waals surface area contributed by atoms with Gasteiger partial charge >= 0.3 is 12.4 Å². The van der Waals surface area contributed by atoms with Crippen LogP contribution in [0.5, 0.6) is 5.75 Å². The molecule has 0 aromatic heterocycles. The summed E-state index contributed by atoms with van der Waals surface area (Å²) in [6.45, 7) is 4.94. The smallest absolute Gasteiger partial charge is 0.340 e. The number of alkyl halides is 3. The maximum Gasteiger partial charge on any atom is 0.340 e. The third-order valence-electron chi connectivity index (χ3n) is 2.38. The van der Waals surface area contributed by atoms with Crippen LogP contribution < -0.4 is 10.1 Å². The van der Waals surface area contributed by atoms with Crippen LogP contribution in [0, 0.1) is 0 Å². The molecule has 0 aliphatic carbocycles. The van der Waals surface area contributed by atoms with Crippen LogP contribution in [0.1, 0.15) is 17.3 Å². The molecule has 1 amide bonds. The molecule has 1 unspecified atom stereocenters. The Hall–Kier alpha value is -2.51. The lowest BCUT2D eigenvalue weighted by Crippen LogP contribution is -2.20. The lowest BCUT2D eigenvalue weighted by molar-refractivity contribution is -0.111. The highest BCUT2D eigenvalue weighted by atomic mass is 19.3. The van der Waals surface area contributed by atoms with Crippen molar-refractivity contribution in [2.24, 2.45) is 0 Å². The number of halogens is 3. The van der Waals surface area contributed by atoms with Gasteiger partial charge in [-0.25, -0.2) is 13.6 Å². The zero-order valence-corrected chi connectivity index (χ0v) is 11.6. The first-order chi connectivity index (χ1) is 10.4. The van der Waals surface area contributed by atoms with Crippen molar-refractivity contribution in [3.05, 3.63) is 36.4 Å². The zero-order chi connectivity index (χ0) is 16.7. The Bertz CT molecular complexity index is 563. The third-order valence-corrected chi connectivity index (χ3v) is 2.38. The Labute approximate surface area is 124 Å². The molecule has 5 nitrogen and oxygen atoms in total. The predicted molar refractivity (Wildman–Crippen MR) is 72.8 cm³/mol. The van der Waals surface area contributed by atoms with Gasteiger partial charge < -0.3 is 14.8 Å². The van der Waals surface area contributed by atoms with Crippen LogP contribution in [0.15, 0.2) is 30.9 Å². The average molecular weight is 317 g/mol. The summed E-state index contributed by atoms with van der Waals surface area (Å²) < 4.78 is 46.3. The number of benzene rings is 1. The summed E-state index contributed by atoms with van der Waals surface area (Å²) in [6.07, 6.45) is -5.20. The van der Waals surface area contributed by atoms with Crippen molar-refractivity contribution in [3.8, 4) is 5.75 Å². The zero-order valence-electron chi connectivity index (χ0n) is 11.6. The number of amides is 1. The van der Waals surface area contributed by atoms with Crippen LogP contribution in [0.2, 0.25) is 0 Å². The van der Waals surface area contributed by atoms with E-state index in [0.29, 0.717) is 0 Å². The Morgan fingerprint density at radius 3 is 2.59 bits per heavy atom. The van der Waals surface area contributed by atoms with Crippen LogP contribution in [-0.4, -0.2) is 31.3 Å². The van der Waals surface area contributed by atoms with E-state index in [0.717, 1.165) is 18.2 Å².